The van der Waals surface area contributed by atoms with Gasteiger partial charge in [0.15, 0.2) is 11.6 Å². The van der Waals surface area contributed by atoms with Gasteiger partial charge in [-0.25, -0.2) is 8.78 Å². The summed E-state index contributed by atoms with van der Waals surface area (Å²) in [6.07, 6.45) is -1.000. The molecule has 0 saturated heterocycles. The minimum absolute atomic E-state index is 0.301. The second-order valence-corrected chi connectivity index (χ2v) is 4.47. The van der Waals surface area contributed by atoms with Gasteiger partial charge in [0.05, 0.1) is 0 Å². The fourth-order valence-corrected chi connectivity index (χ4v) is 1.18. The largest absolute Gasteiger partial charge is 0.374 e. The number of aliphatic hydroxyl groups excluding tert-OH is 1. The van der Waals surface area contributed by atoms with Crippen LogP contribution in [-0.4, -0.2) is 10.6 Å². The first kappa shape index (κ1) is 12.1. The number of aliphatic hydroxyl groups is 1. The Balaban J connectivity index is 2.83. The van der Waals surface area contributed by atoms with E-state index in [0.29, 0.717) is 5.56 Å². The van der Waals surface area contributed by atoms with Crippen molar-refractivity contribution in [1.82, 2.24) is 5.32 Å². The van der Waals surface area contributed by atoms with E-state index in [1.807, 2.05) is 20.8 Å². The maximum Gasteiger partial charge on any atom is 0.159 e. The average molecular weight is 215 g/mol. The van der Waals surface area contributed by atoms with Gasteiger partial charge in [-0.15, -0.1) is 0 Å². The Morgan fingerprint density at radius 1 is 1.20 bits per heavy atom. The third-order valence-electron chi connectivity index (χ3n) is 1.83. The summed E-state index contributed by atoms with van der Waals surface area (Å²) < 4.78 is 25.5. The van der Waals surface area contributed by atoms with Gasteiger partial charge in [-0.3, -0.25) is 5.32 Å². The molecule has 0 aliphatic heterocycles. The highest BCUT2D eigenvalue weighted by Gasteiger charge is 2.17. The normalized spacial score (nSPS) is 14.0. The maximum absolute atomic E-state index is 12.9. The number of hydrogen-bond donors (Lipinski definition) is 2. The first-order valence-electron chi connectivity index (χ1n) is 4.70. The van der Waals surface area contributed by atoms with E-state index < -0.39 is 17.9 Å². The molecule has 2 N–H and O–H groups in total. The number of rotatable bonds is 2. The lowest BCUT2D eigenvalue weighted by atomic mass is 10.1. The monoisotopic (exact) mass is 215 g/mol. The summed E-state index contributed by atoms with van der Waals surface area (Å²) in [7, 11) is 0. The minimum atomic E-state index is -1.000. The summed E-state index contributed by atoms with van der Waals surface area (Å²) in [5.41, 5.74) is 0.00779. The zero-order valence-electron chi connectivity index (χ0n) is 9.01. The topological polar surface area (TPSA) is 32.3 Å². The molecule has 0 fully saturated rings. The number of benzene rings is 1. The molecule has 0 spiro atoms. The molecule has 0 bridgehead atoms. The van der Waals surface area contributed by atoms with Crippen LogP contribution in [0.2, 0.25) is 0 Å². The van der Waals surface area contributed by atoms with Crippen molar-refractivity contribution in [2.45, 2.75) is 32.5 Å². The predicted molar refractivity (Wildman–Crippen MR) is 54.2 cm³/mol. The molecule has 1 aromatic rings. The van der Waals surface area contributed by atoms with E-state index in [1.54, 1.807) is 0 Å². The molecule has 0 heterocycles. The molecular weight excluding hydrogens is 200 g/mol. The van der Waals surface area contributed by atoms with Crippen molar-refractivity contribution in [2.75, 3.05) is 0 Å². The van der Waals surface area contributed by atoms with Crippen molar-refractivity contribution in [3.05, 3.63) is 35.4 Å². The van der Waals surface area contributed by atoms with Crippen molar-refractivity contribution in [2.24, 2.45) is 0 Å². The van der Waals surface area contributed by atoms with Crippen molar-refractivity contribution in [3.63, 3.8) is 0 Å². The van der Waals surface area contributed by atoms with Crippen molar-refractivity contribution in [3.8, 4) is 0 Å². The lowest BCUT2D eigenvalue weighted by Crippen LogP contribution is -2.38. The summed E-state index contributed by atoms with van der Waals surface area (Å²) in [5, 5.41) is 12.5. The number of halogens is 2. The van der Waals surface area contributed by atoms with Crippen LogP contribution in [0.1, 0.15) is 32.6 Å². The molecule has 0 aromatic heterocycles. The maximum atomic E-state index is 12.9. The first-order valence-corrected chi connectivity index (χ1v) is 4.70. The van der Waals surface area contributed by atoms with Crippen LogP contribution in [0.15, 0.2) is 18.2 Å². The molecular formula is C11H15F2NO. The van der Waals surface area contributed by atoms with E-state index in [-0.39, 0.29) is 5.54 Å². The van der Waals surface area contributed by atoms with Gasteiger partial charge in [0.2, 0.25) is 0 Å². The Morgan fingerprint density at radius 3 is 2.27 bits per heavy atom. The highest BCUT2D eigenvalue weighted by molar-refractivity contribution is 5.19. The molecule has 0 aliphatic carbocycles. The van der Waals surface area contributed by atoms with Crippen LogP contribution < -0.4 is 5.32 Å². The third-order valence-corrected chi connectivity index (χ3v) is 1.83. The lowest BCUT2D eigenvalue weighted by Gasteiger charge is -2.25. The van der Waals surface area contributed by atoms with Crippen LogP contribution in [0.4, 0.5) is 8.78 Å². The molecule has 1 unspecified atom stereocenters. The van der Waals surface area contributed by atoms with Gasteiger partial charge in [0, 0.05) is 5.54 Å². The zero-order chi connectivity index (χ0) is 11.6. The summed E-state index contributed by atoms with van der Waals surface area (Å²) >= 11 is 0. The Kier molecular flexibility index (Phi) is 3.42. The molecule has 2 nitrogen and oxygen atoms in total. The van der Waals surface area contributed by atoms with Crippen LogP contribution in [0.5, 0.6) is 0 Å². The van der Waals surface area contributed by atoms with Crippen LogP contribution in [0.3, 0.4) is 0 Å². The third kappa shape index (κ3) is 3.57. The molecule has 0 amide bonds. The smallest absolute Gasteiger partial charge is 0.159 e. The van der Waals surface area contributed by atoms with Crippen LogP contribution in [-0.2, 0) is 0 Å². The highest BCUT2D eigenvalue weighted by atomic mass is 19.2. The summed E-state index contributed by atoms with van der Waals surface area (Å²) in [4.78, 5) is 0. The highest BCUT2D eigenvalue weighted by Crippen LogP contribution is 2.16. The van der Waals surface area contributed by atoms with Gasteiger partial charge >= 0.3 is 0 Å². The zero-order valence-corrected chi connectivity index (χ0v) is 9.01. The van der Waals surface area contributed by atoms with Gasteiger partial charge < -0.3 is 5.11 Å². The van der Waals surface area contributed by atoms with Crippen LogP contribution >= 0.6 is 0 Å². The summed E-state index contributed by atoms with van der Waals surface area (Å²) in [6.45, 7) is 5.61. The Labute approximate surface area is 87.9 Å². The van der Waals surface area contributed by atoms with E-state index in [4.69, 9.17) is 0 Å². The average Bonchev–Trinajstić information content (AvgIpc) is 2.06. The fraction of sp³-hybridized carbons (Fsp3) is 0.455. The quantitative estimate of drug-likeness (QED) is 0.742. The fourth-order valence-electron chi connectivity index (χ4n) is 1.18. The van der Waals surface area contributed by atoms with E-state index in [1.165, 1.54) is 6.07 Å². The molecule has 1 rings (SSSR count). The summed E-state index contributed by atoms with van der Waals surface area (Å²) in [6, 6.07) is 3.33. The minimum Gasteiger partial charge on any atom is -0.374 e. The molecule has 0 saturated carbocycles. The van der Waals surface area contributed by atoms with Gasteiger partial charge in [-0.1, -0.05) is 6.07 Å². The Bertz CT molecular complexity index is 347. The van der Waals surface area contributed by atoms with Gasteiger partial charge in [-0.05, 0) is 38.5 Å². The van der Waals surface area contributed by atoms with Gasteiger partial charge in [0.1, 0.15) is 6.23 Å². The van der Waals surface area contributed by atoms with Crippen molar-refractivity contribution in [1.29, 1.82) is 0 Å². The van der Waals surface area contributed by atoms with E-state index >= 15 is 0 Å². The molecule has 1 atom stereocenters. The predicted octanol–water partition coefficient (Wildman–Crippen LogP) is 2.34. The number of hydrogen-bond acceptors (Lipinski definition) is 2. The Hall–Kier alpha value is -1.00. The van der Waals surface area contributed by atoms with Gasteiger partial charge in [0.25, 0.3) is 0 Å². The standard InChI is InChI=1S/C11H15F2NO/c1-11(2,3)14-10(15)7-4-5-8(12)9(13)6-7/h4-6,10,14-15H,1-3H3. The summed E-state index contributed by atoms with van der Waals surface area (Å²) in [5.74, 6) is -1.87. The molecule has 1 aromatic carbocycles. The lowest BCUT2D eigenvalue weighted by molar-refractivity contribution is 0.106. The second kappa shape index (κ2) is 4.24. The van der Waals surface area contributed by atoms with E-state index in [9.17, 15) is 13.9 Å². The van der Waals surface area contributed by atoms with Crippen LogP contribution in [0.25, 0.3) is 0 Å². The first-order chi connectivity index (χ1) is 6.79. The van der Waals surface area contributed by atoms with E-state index in [2.05, 4.69) is 5.32 Å². The van der Waals surface area contributed by atoms with E-state index in [0.717, 1.165) is 12.1 Å². The molecule has 0 aliphatic rings. The van der Waals surface area contributed by atoms with Gasteiger partial charge in [-0.2, -0.15) is 0 Å². The molecule has 15 heavy (non-hydrogen) atoms. The number of nitrogens with one attached hydrogen (secondary N) is 1. The second-order valence-electron chi connectivity index (χ2n) is 4.47. The SMILES string of the molecule is CC(C)(C)NC(O)c1ccc(F)c(F)c1. The Morgan fingerprint density at radius 2 is 1.80 bits per heavy atom. The molecule has 0 radical (unpaired) electrons. The molecule has 4 heteroatoms. The van der Waals surface area contributed by atoms with Crippen LogP contribution in [0, 0.1) is 11.6 Å². The molecule has 84 valence electrons. The van der Waals surface area contributed by atoms with Crippen molar-refractivity contribution >= 4 is 0 Å². The van der Waals surface area contributed by atoms with Crippen molar-refractivity contribution < 1.29 is 13.9 Å².